The SMILES string of the molecule is Cc1cnc(Nc2ccc(N3CCN(C)CC3)cc2)nc1N1CCC2(CCNC2=O)CC1. The first kappa shape index (κ1) is 21.0. The van der Waals surface area contributed by atoms with Crippen molar-refractivity contribution in [3.63, 3.8) is 0 Å². The molecule has 3 aliphatic rings. The smallest absolute Gasteiger partial charge is 0.229 e. The van der Waals surface area contributed by atoms with Crippen LogP contribution in [0.3, 0.4) is 0 Å². The molecule has 8 nitrogen and oxygen atoms in total. The van der Waals surface area contributed by atoms with E-state index in [0.29, 0.717) is 5.95 Å². The minimum Gasteiger partial charge on any atom is -0.369 e. The molecule has 1 aromatic carbocycles. The van der Waals surface area contributed by atoms with Gasteiger partial charge in [0.15, 0.2) is 0 Å². The number of hydrogen-bond acceptors (Lipinski definition) is 7. The fraction of sp³-hybridized carbons (Fsp3) is 0.542. The number of piperidine rings is 1. The Morgan fingerprint density at radius 2 is 1.69 bits per heavy atom. The Labute approximate surface area is 190 Å². The summed E-state index contributed by atoms with van der Waals surface area (Å²) in [4.78, 5) is 28.7. The number of anilines is 4. The van der Waals surface area contributed by atoms with Gasteiger partial charge >= 0.3 is 0 Å². The van der Waals surface area contributed by atoms with Crippen molar-refractivity contribution in [3.8, 4) is 0 Å². The molecule has 1 spiro atoms. The van der Waals surface area contributed by atoms with Gasteiger partial charge in [-0.3, -0.25) is 4.79 Å². The van der Waals surface area contributed by atoms with Gasteiger partial charge in [-0.25, -0.2) is 4.98 Å². The lowest BCUT2D eigenvalue weighted by Crippen LogP contribution is -2.44. The first-order valence-electron chi connectivity index (χ1n) is 11.7. The Balaban J connectivity index is 1.25. The molecule has 0 unspecified atom stereocenters. The van der Waals surface area contributed by atoms with Crippen molar-refractivity contribution >= 4 is 29.0 Å². The van der Waals surface area contributed by atoms with Gasteiger partial charge in [-0.2, -0.15) is 4.98 Å². The molecule has 1 aromatic heterocycles. The van der Waals surface area contributed by atoms with Gasteiger partial charge in [0.1, 0.15) is 5.82 Å². The van der Waals surface area contributed by atoms with Crippen molar-refractivity contribution in [2.24, 2.45) is 5.41 Å². The highest BCUT2D eigenvalue weighted by atomic mass is 16.2. The zero-order chi connectivity index (χ0) is 22.1. The van der Waals surface area contributed by atoms with Gasteiger partial charge < -0.3 is 25.3 Å². The van der Waals surface area contributed by atoms with Gasteiger partial charge in [-0.05, 0) is 57.5 Å². The first-order valence-corrected chi connectivity index (χ1v) is 11.7. The van der Waals surface area contributed by atoms with Crippen LogP contribution in [0.25, 0.3) is 0 Å². The Morgan fingerprint density at radius 1 is 0.969 bits per heavy atom. The molecular weight excluding hydrogens is 402 g/mol. The number of piperazine rings is 1. The molecule has 0 atom stereocenters. The van der Waals surface area contributed by atoms with Crippen molar-refractivity contribution in [3.05, 3.63) is 36.0 Å². The maximum atomic E-state index is 12.3. The zero-order valence-corrected chi connectivity index (χ0v) is 19.1. The van der Waals surface area contributed by atoms with Crippen LogP contribution < -0.4 is 20.4 Å². The maximum Gasteiger partial charge on any atom is 0.229 e. The van der Waals surface area contributed by atoms with E-state index in [-0.39, 0.29) is 11.3 Å². The third-order valence-electron chi connectivity index (χ3n) is 7.33. The summed E-state index contributed by atoms with van der Waals surface area (Å²) in [6, 6.07) is 8.53. The predicted molar refractivity (Wildman–Crippen MR) is 128 cm³/mol. The standard InChI is InChI=1S/C24H33N7O/c1-18-17-26-23(27-19-3-5-20(6-4-19)30-15-13-29(2)14-16-30)28-21(18)31-11-8-24(9-12-31)7-10-25-22(24)32/h3-6,17H,7-16H2,1-2H3,(H,25,32)(H,26,27,28). The van der Waals surface area contributed by atoms with Gasteiger partial charge in [0.05, 0.1) is 5.41 Å². The van der Waals surface area contributed by atoms with Crippen LogP contribution in [0, 0.1) is 12.3 Å². The molecule has 2 N–H and O–H groups in total. The van der Waals surface area contributed by atoms with Crippen LogP contribution in [0.1, 0.15) is 24.8 Å². The maximum absolute atomic E-state index is 12.3. The zero-order valence-electron chi connectivity index (χ0n) is 19.1. The lowest BCUT2D eigenvalue weighted by atomic mass is 9.77. The van der Waals surface area contributed by atoms with E-state index < -0.39 is 0 Å². The highest BCUT2D eigenvalue weighted by Gasteiger charge is 2.44. The molecule has 8 heteroatoms. The number of nitrogens with one attached hydrogen (secondary N) is 2. The number of rotatable bonds is 4. The van der Waals surface area contributed by atoms with Crippen LogP contribution >= 0.6 is 0 Å². The van der Waals surface area contributed by atoms with Gasteiger partial charge in [0.2, 0.25) is 11.9 Å². The van der Waals surface area contributed by atoms with Crippen LogP contribution in [0.15, 0.2) is 30.5 Å². The Kier molecular flexibility index (Phi) is 5.63. The molecule has 0 radical (unpaired) electrons. The average molecular weight is 436 g/mol. The van der Waals surface area contributed by atoms with Gasteiger partial charge in [-0.1, -0.05) is 0 Å². The quantitative estimate of drug-likeness (QED) is 0.764. The van der Waals surface area contributed by atoms with Gasteiger partial charge in [0.25, 0.3) is 0 Å². The molecule has 2 aromatic rings. The van der Waals surface area contributed by atoms with Crippen LogP contribution in [0.4, 0.5) is 23.1 Å². The number of aromatic nitrogens is 2. The minimum absolute atomic E-state index is 0.163. The van der Waals surface area contributed by atoms with Crippen molar-refractivity contribution in [2.75, 3.05) is 68.0 Å². The molecule has 5 rings (SSSR count). The van der Waals surface area contributed by atoms with E-state index in [1.54, 1.807) is 0 Å². The van der Waals surface area contributed by atoms with Crippen molar-refractivity contribution in [2.45, 2.75) is 26.2 Å². The lowest BCUT2D eigenvalue weighted by Gasteiger charge is -2.38. The summed E-state index contributed by atoms with van der Waals surface area (Å²) in [6.45, 7) is 8.89. The van der Waals surface area contributed by atoms with Crippen molar-refractivity contribution in [1.82, 2.24) is 20.2 Å². The van der Waals surface area contributed by atoms with E-state index in [1.807, 2.05) is 6.20 Å². The second-order valence-electron chi connectivity index (χ2n) is 9.44. The van der Waals surface area contributed by atoms with Gasteiger partial charge in [-0.15, -0.1) is 0 Å². The second kappa shape index (κ2) is 8.58. The molecule has 3 fully saturated rings. The summed E-state index contributed by atoms with van der Waals surface area (Å²) in [6.07, 6.45) is 4.62. The highest BCUT2D eigenvalue weighted by Crippen LogP contribution is 2.39. The second-order valence-corrected chi connectivity index (χ2v) is 9.44. The molecule has 3 aliphatic heterocycles. The Bertz CT molecular complexity index is 961. The van der Waals surface area contributed by atoms with E-state index >= 15 is 0 Å². The fourth-order valence-electron chi connectivity index (χ4n) is 5.10. The van der Waals surface area contributed by atoms with Crippen molar-refractivity contribution < 1.29 is 4.79 Å². The van der Waals surface area contributed by atoms with Crippen LogP contribution in [0.5, 0.6) is 0 Å². The summed E-state index contributed by atoms with van der Waals surface area (Å²) in [5.74, 6) is 1.81. The molecular formula is C24H33N7O. The van der Waals surface area contributed by atoms with Gasteiger partial charge in [0, 0.05) is 68.9 Å². The summed E-state index contributed by atoms with van der Waals surface area (Å²) in [7, 11) is 2.17. The minimum atomic E-state index is -0.163. The van der Waals surface area contributed by atoms with Crippen LogP contribution in [-0.4, -0.2) is 73.6 Å². The topological polar surface area (TPSA) is 76.6 Å². The normalized spacial score (nSPS) is 21.1. The van der Waals surface area contributed by atoms with Crippen LogP contribution in [-0.2, 0) is 4.79 Å². The lowest BCUT2D eigenvalue weighted by molar-refractivity contribution is -0.128. The Hall–Kier alpha value is -2.87. The number of aryl methyl sites for hydroxylation is 1. The number of benzene rings is 1. The molecule has 0 saturated carbocycles. The Morgan fingerprint density at radius 3 is 2.34 bits per heavy atom. The van der Waals surface area contributed by atoms with Crippen LogP contribution in [0.2, 0.25) is 0 Å². The predicted octanol–water partition coefficient (Wildman–Crippen LogP) is 2.39. The molecule has 4 heterocycles. The van der Waals surface area contributed by atoms with E-state index in [9.17, 15) is 4.79 Å². The van der Waals surface area contributed by atoms with E-state index in [4.69, 9.17) is 4.98 Å². The number of nitrogens with zero attached hydrogens (tertiary/aromatic N) is 5. The third-order valence-corrected chi connectivity index (χ3v) is 7.33. The van der Waals surface area contributed by atoms with E-state index in [0.717, 1.165) is 82.1 Å². The summed E-state index contributed by atoms with van der Waals surface area (Å²) in [5, 5.41) is 6.37. The average Bonchev–Trinajstić information content (AvgIpc) is 3.16. The number of amides is 1. The number of carbonyl (C=O) groups excluding carboxylic acids is 1. The molecule has 0 aliphatic carbocycles. The molecule has 3 saturated heterocycles. The van der Waals surface area contributed by atoms with Crippen molar-refractivity contribution in [1.29, 1.82) is 0 Å². The summed E-state index contributed by atoms with van der Waals surface area (Å²) >= 11 is 0. The van der Waals surface area contributed by atoms with E-state index in [1.165, 1.54) is 5.69 Å². The largest absolute Gasteiger partial charge is 0.369 e. The third kappa shape index (κ3) is 4.11. The van der Waals surface area contributed by atoms with E-state index in [2.05, 4.69) is 68.6 Å². The molecule has 32 heavy (non-hydrogen) atoms. The number of likely N-dealkylation sites (N-methyl/N-ethyl adjacent to an activating group) is 1. The highest BCUT2D eigenvalue weighted by molar-refractivity contribution is 5.85. The molecule has 0 bridgehead atoms. The number of hydrogen-bond donors (Lipinski definition) is 2. The molecule has 1 amide bonds. The summed E-state index contributed by atoms with van der Waals surface area (Å²) < 4.78 is 0. The molecule has 170 valence electrons. The fourth-order valence-corrected chi connectivity index (χ4v) is 5.10. The first-order chi connectivity index (χ1) is 15.5. The summed E-state index contributed by atoms with van der Waals surface area (Å²) in [5.41, 5.74) is 3.14. The monoisotopic (exact) mass is 435 g/mol. The number of carbonyl (C=O) groups is 1.